The van der Waals surface area contributed by atoms with Crippen LogP contribution in [0.5, 0.6) is 0 Å². The van der Waals surface area contributed by atoms with Crippen molar-refractivity contribution in [3.8, 4) is 0 Å². The van der Waals surface area contributed by atoms with Crippen molar-refractivity contribution in [2.45, 2.75) is 19.8 Å². The molecule has 0 radical (unpaired) electrons. The van der Waals surface area contributed by atoms with Crippen molar-refractivity contribution in [3.05, 3.63) is 39.6 Å². The molecule has 2 rings (SSSR count). The molecule has 0 saturated heterocycles. The fourth-order valence-electron chi connectivity index (χ4n) is 1.56. The van der Waals surface area contributed by atoms with Gasteiger partial charge in [0, 0.05) is 17.3 Å². The summed E-state index contributed by atoms with van der Waals surface area (Å²) in [6.45, 7) is 1.79. The first kappa shape index (κ1) is 10.4. The van der Waals surface area contributed by atoms with Crippen LogP contribution < -0.4 is 0 Å². The number of fused-ring (bicyclic) bond motifs is 1. The van der Waals surface area contributed by atoms with Crippen LogP contribution in [0.3, 0.4) is 0 Å². The van der Waals surface area contributed by atoms with Crippen LogP contribution in [-0.4, -0.2) is 5.97 Å². The molecule has 0 atom stereocenters. The summed E-state index contributed by atoms with van der Waals surface area (Å²) in [6.07, 6.45) is 3.05. The second kappa shape index (κ2) is 4.19. The summed E-state index contributed by atoms with van der Waals surface area (Å²) >= 11 is 3.41. The third-order valence-electron chi connectivity index (χ3n) is 2.32. The zero-order valence-electron chi connectivity index (χ0n) is 8.42. The Kier molecular flexibility index (Phi) is 2.91. The van der Waals surface area contributed by atoms with E-state index in [4.69, 9.17) is 4.74 Å². The van der Waals surface area contributed by atoms with Gasteiger partial charge in [-0.15, -0.1) is 0 Å². The van der Waals surface area contributed by atoms with E-state index in [1.54, 1.807) is 6.92 Å². The van der Waals surface area contributed by atoms with Crippen molar-refractivity contribution >= 4 is 28.0 Å². The number of ether oxygens (including phenoxy) is 1. The number of hydrogen-bond acceptors (Lipinski definition) is 2. The van der Waals surface area contributed by atoms with Gasteiger partial charge in [0.05, 0.1) is 0 Å². The molecule has 78 valence electrons. The molecule has 0 spiro atoms. The summed E-state index contributed by atoms with van der Waals surface area (Å²) in [6, 6.07) is 6.07. The lowest BCUT2D eigenvalue weighted by Gasteiger charge is -2.02. The van der Waals surface area contributed by atoms with Crippen LogP contribution in [-0.2, 0) is 16.0 Å². The molecule has 0 heterocycles. The van der Waals surface area contributed by atoms with Gasteiger partial charge in [0.25, 0.3) is 0 Å². The summed E-state index contributed by atoms with van der Waals surface area (Å²) in [5, 5.41) is 0. The first-order valence-electron chi connectivity index (χ1n) is 4.88. The van der Waals surface area contributed by atoms with Gasteiger partial charge < -0.3 is 4.74 Å². The van der Waals surface area contributed by atoms with Crippen molar-refractivity contribution < 1.29 is 9.53 Å². The van der Waals surface area contributed by atoms with Crippen LogP contribution in [0.1, 0.15) is 24.5 Å². The number of benzene rings is 1. The van der Waals surface area contributed by atoms with Crippen molar-refractivity contribution in [1.82, 2.24) is 0 Å². The van der Waals surface area contributed by atoms with Crippen molar-refractivity contribution in [2.75, 3.05) is 0 Å². The lowest BCUT2D eigenvalue weighted by molar-refractivity contribution is -0.139. The SMILES string of the molecule is CCC(=O)OC1=Cc2cc(Br)ccc2C1. The molecule has 3 heteroatoms. The number of hydrogen-bond donors (Lipinski definition) is 0. The van der Waals surface area contributed by atoms with Gasteiger partial charge in [-0.2, -0.15) is 0 Å². The van der Waals surface area contributed by atoms with Crippen LogP contribution in [0.2, 0.25) is 0 Å². The average Bonchev–Trinajstić information content (AvgIpc) is 2.59. The summed E-state index contributed by atoms with van der Waals surface area (Å²) < 4.78 is 6.23. The topological polar surface area (TPSA) is 26.3 Å². The lowest BCUT2D eigenvalue weighted by Crippen LogP contribution is -2.01. The molecule has 15 heavy (non-hydrogen) atoms. The van der Waals surface area contributed by atoms with E-state index in [1.807, 2.05) is 24.3 Å². The van der Waals surface area contributed by atoms with Crippen LogP contribution in [0.15, 0.2) is 28.4 Å². The molecule has 2 nitrogen and oxygen atoms in total. The smallest absolute Gasteiger partial charge is 0.310 e. The van der Waals surface area contributed by atoms with E-state index in [1.165, 1.54) is 5.56 Å². The van der Waals surface area contributed by atoms with Crippen LogP contribution in [0.25, 0.3) is 6.08 Å². The van der Waals surface area contributed by atoms with Gasteiger partial charge in [-0.3, -0.25) is 4.79 Å². The minimum absolute atomic E-state index is 0.173. The zero-order chi connectivity index (χ0) is 10.8. The fourth-order valence-corrected chi connectivity index (χ4v) is 1.94. The molecule has 1 aliphatic rings. The van der Waals surface area contributed by atoms with Gasteiger partial charge in [0.2, 0.25) is 0 Å². The highest BCUT2D eigenvalue weighted by Gasteiger charge is 2.15. The molecule has 0 saturated carbocycles. The molecular weight excluding hydrogens is 256 g/mol. The first-order chi connectivity index (χ1) is 7.19. The highest BCUT2D eigenvalue weighted by Crippen LogP contribution is 2.28. The van der Waals surface area contributed by atoms with Gasteiger partial charge in [-0.1, -0.05) is 28.9 Å². The quantitative estimate of drug-likeness (QED) is 0.768. The fraction of sp³-hybridized carbons (Fsp3) is 0.250. The molecule has 1 aliphatic carbocycles. The zero-order valence-corrected chi connectivity index (χ0v) is 10.0. The summed E-state index contributed by atoms with van der Waals surface area (Å²) in [5.41, 5.74) is 2.33. The molecular formula is C12H11BrO2. The summed E-state index contributed by atoms with van der Waals surface area (Å²) in [4.78, 5) is 11.1. The van der Waals surface area contributed by atoms with Crippen molar-refractivity contribution in [3.63, 3.8) is 0 Å². The molecule has 1 aromatic rings. The number of esters is 1. The highest BCUT2D eigenvalue weighted by molar-refractivity contribution is 9.10. The summed E-state index contributed by atoms with van der Waals surface area (Å²) in [5.74, 6) is 0.572. The molecule has 0 unspecified atom stereocenters. The predicted octanol–water partition coefficient (Wildman–Crippen LogP) is 3.30. The molecule has 0 amide bonds. The Bertz CT molecular complexity index is 435. The number of halogens is 1. The Labute approximate surface area is 97.1 Å². The second-order valence-corrected chi connectivity index (χ2v) is 4.37. The van der Waals surface area contributed by atoms with Crippen molar-refractivity contribution in [1.29, 1.82) is 0 Å². The molecule has 0 N–H and O–H groups in total. The van der Waals surface area contributed by atoms with E-state index < -0.39 is 0 Å². The number of carbonyl (C=O) groups is 1. The Morgan fingerprint density at radius 1 is 1.53 bits per heavy atom. The highest BCUT2D eigenvalue weighted by atomic mass is 79.9. The largest absolute Gasteiger partial charge is 0.431 e. The van der Waals surface area contributed by atoms with Gasteiger partial charge in [-0.25, -0.2) is 0 Å². The third-order valence-corrected chi connectivity index (χ3v) is 2.82. The maximum Gasteiger partial charge on any atom is 0.310 e. The van der Waals surface area contributed by atoms with E-state index in [0.29, 0.717) is 12.8 Å². The number of carbonyl (C=O) groups excluding carboxylic acids is 1. The van der Waals surface area contributed by atoms with E-state index in [2.05, 4.69) is 15.9 Å². The predicted molar refractivity (Wildman–Crippen MR) is 62.2 cm³/mol. The van der Waals surface area contributed by atoms with Crippen LogP contribution in [0.4, 0.5) is 0 Å². The minimum Gasteiger partial charge on any atom is -0.431 e. The second-order valence-electron chi connectivity index (χ2n) is 3.46. The van der Waals surface area contributed by atoms with Crippen molar-refractivity contribution in [2.24, 2.45) is 0 Å². The maximum absolute atomic E-state index is 11.1. The average molecular weight is 267 g/mol. The van der Waals surface area contributed by atoms with E-state index in [9.17, 15) is 4.79 Å². The number of allylic oxidation sites excluding steroid dienone is 1. The van der Waals surface area contributed by atoms with Crippen LogP contribution >= 0.6 is 15.9 Å². The third kappa shape index (κ3) is 2.29. The Balaban J connectivity index is 2.17. The summed E-state index contributed by atoms with van der Waals surface area (Å²) in [7, 11) is 0. The lowest BCUT2D eigenvalue weighted by atomic mass is 10.1. The molecule has 1 aromatic carbocycles. The van der Waals surface area contributed by atoms with Crippen LogP contribution in [0, 0.1) is 0 Å². The maximum atomic E-state index is 11.1. The molecule has 0 bridgehead atoms. The van der Waals surface area contributed by atoms with Gasteiger partial charge in [-0.05, 0) is 29.3 Å². The first-order valence-corrected chi connectivity index (χ1v) is 5.68. The molecule has 0 fully saturated rings. The number of rotatable bonds is 2. The molecule has 0 aromatic heterocycles. The van der Waals surface area contributed by atoms with E-state index in [0.717, 1.165) is 15.8 Å². The Morgan fingerprint density at radius 2 is 2.33 bits per heavy atom. The Morgan fingerprint density at radius 3 is 3.07 bits per heavy atom. The minimum atomic E-state index is -0.173. The normalized spacial score (nSPS) is 13.3. The monoisotopic (exact) mass is 266 g/mol. The van der Waals surface area contributed by atoms with Gasteiger partial charge in [0.1, 0.15) is 5.76 Å². The molecule has 0 aliphatic heterocycles. The van der Waals surface area contributed by atoms with E-state index >= 15 is 0 Å². The van der Waals surface area contributed by atoms with Gasteiger partial charge >= 0.3 is 5.97 Å². The van der Waals surface area contributed by atoms with E-state index in [-0.39, 0.29) is 5.97 Å². The standard InChI is InChI=1S/C12H11BrO2/c1-2-12(14)15-11-6-8-3-4-10(13)5-9(8)7-11/h3-5,7H,2,6H2,1H3. The van der Waals surface area contributed by atoms with Gasteiger partial charge in [0.15, 0.2) is 0 Å². The Hall–Kier alpha value is -1.09.